The normalized spacial score (nSPS) is 26.3. The summed E-state index contributed by atoms with van der Waals surface area (Å²) in [4.78, 5) is 133. The van der Waals surface area contributed by atoms with Crippen LogP contribution in [0.3, 0.4) is 0 Å². The van der Waals surface area contributed by atoms with Crippen molar-refractivity contribution in [1.29, 1.82) is 0 Å². The molecule has 8 aliphatic rings. The van der Waals surface area contributed by atoms with Crippen molar-refractivity contribution in [3.05, 3.63) is 140 Å². The first kappa shape index (κ1) is 97.2. The summed E-state index contributed by atoms with van der Waals surface area (Å²) in [6.45, 7) is 11.6. The van der Waals surface area contributed by atoms with Gasteiger partial charge < -0.3 is 79.9 Å². The van der Waals surface area contributed by atoms with E-state index < -0.39 is 156 Å². The van der Waals surface area contributed by atoms with E-state index in [1.807, 2.05) is 58.4 Å². The monoisotopic (exact) mass is 1940 g/mol. The molecule has 6 amide bonds. The van der Waals surface area contributed by atoms with Crippen molar-refractivity contribution >= 4 is 128 Å². The fraction of sp³-hybridized carbons (Fsp3) is 0.532. The van der Waals surface area contributed by atoms with Crippen LogP contribution in [0.1, 0.15) is 194 Å². The van der Waals surface area contributed by atoms with E-state index >= 15 is 18.4 Å². The summed E-state index contributed by atoms with van der Waals surface area (Å²) in [6.07, 6.45) is 11.8. The number of carbonyl (C=O) groups excluding carboxylic acids is 6. The van der Waals surface area contributed by atoms with Crippen LogP contribution in [0.25, 0.3) is 44.6 Å². The van der Waals surface area contributed by atoms with Gasteiger partial charge in [-0.1, -0.05) is 93.4 Å². The highest BCUT2D eigenvalue weighted by Crippen LogP contribution is 2.73. The summed E-state index contributed by atoms with van der Waals surface area (Å²) in [6, 6.07) is 12.4. The number of thiazole rings is 2. The molecule has 2 unspecified atom stereocenters. The van der Waals surface area contributed by atoms with E-state index in [2.05, 4.69) is 31.9 Å². The quantitative estimate of drug-likeness (QED) is 0.0177. The molecule has 3 saturated heterocycles. The minimum absolute atomic E-state index is 0.0366. The molecule has 4 aromatic carbocycles. The van der Waals surface area contributed by atoms with Crippen molar-refractivity contribution in [2.45, 2.75) is 266 Å². The SMILES string of the molecule is COc1ccc2c(O[C@@H]3C[C@H]4C(=O)N[C@]5(P(=O)(O)Cc6c(F)cccc6F)C[C@H]5/C=C\CCCC[C@@H](C)[C@H](NC(=O)OC5CCCC5)C(=O)N4C3)cc(-c3csc(NC(C)C)n3)nc2c1Cl.COc1ccc2c(O[C@@H]3C[C@H]4C(=O)N[C@]5(P(=O)(O)Cc6c(F)cccc6F)C[C@H]5CCCCCC[C@@H](C)[C@H](NC(=O)OC5CCCC5)C(=O)N4C3)cc(-c3csc(NC(C)C)n3)nc2c1Cl. The summed E-state index contributed by atoms with van der Waals surface area (Å²) in [5.41, 5.74) is 1.67. The van der Waals surface area contributed by atoms with E-state index in [1.54, 1.807) is 42.5 Å². The Labute approximate surface area is 782 Å². The van der Waals surface area contributed by atoms with Gasteiger partial charge in [-0.3, -0.25) is 28.3 Å². The van der Waals surface area contributed by atoms with Gasteiger partial charge in [-0.2, -0.15) is 0 Å². The number of hydrogen-bond acceptors (Lipinski definition) is 22. The van der Waals surface area contributed by atoms with Crippen LogP contribution in [0.4, 0.5) is 37.4 Å². The second-order valence-corrected chi connectivity index (χ2v) is 44.3. The lowest BCUT2D eigenvalue weighted by atomic mass is 9.93. The largest absolute Gasteiger partial charge is 0.495 e. The molecule has 8 N–H and O–H groups in total. The third-order valence-electron chi connectivity index (χ3n) is 26.6. The Morgan fingerprint density at radius 2 is 0.947 bits per heavy atom. The number of amides is 6. The van der Waals surface area contributed by atoms with E-state index in [4.69, 9.17) is 71.6 Å². The van der Waals surface area contributed by atoms with E-state index in [-0.39, 0.29) is 84.9 Å². The van der Waals surface area contributed by atoms with E-state index in [0.717, 1.165) is 94.9 Å². The summed E-state index contributed by atoms with van der Waals surface area (Å²) in [7, 11) is -6.20. The van der Waals surface area contributed by atoms with Crippen LogP contribution in [0.15, 0.2) is 95.7 Å². The number of alkyl carbamates (subject to hydrolysis) is 2. The zero-order valence-electron chi connectivity index (χ0n) is 75.0. The maximum Gasteiger partial charge on any atom is 0.408 e. The Hall–Kier alpha value is -9.40. The Bertz CT molecular complexity index is 5710. The van der Waals surface area contributed by atoms with Crippen LogP contribution in [-0.4, -0.2) is 174 Å². The molecule has 7 fully saturated rings. The van der Waals surface area contributed by atoms with Gasteiger partial charge in [-0.25, -0.2) is 47.1 Å². The number of ether oxygens (including phenoxy) is 6. The van der Waals surface area contributed by atoms with Gasteiger partial charge >= 0.3 is 12.2 Å². The maximum atomic E-state index is 15.1. The molecule has 28 nitrogen and oxygen atoms in total. The van der Waals surface area contributed by atoms with Crippen LogP contribution in [0, 0.1) is 46.9 Å². The van der Waals surface area contributed by atoms with Crippen molar-refractivity contribution < 1.29 is 93.7 Å². The molecule has 710 valence electrons. The third kappa shape index (κ3) is 21.6. The Morgan fingerprint density at radius 1 is 0.538 bits per heavy atom. The number of aromatic nitrogens is 4. The average molecular weight is 1940 g/mol. The molecule has 4 saturated carbocycles. The summed E-state index contributed by atoms with van der Waals surface area (Å²) >= 11 is 16.6. The lowest BCUT2D eigenvalue weighted by Crippen LogP contribution is -2.57. The standard InChI is InChI=1S/C47H58ClF2N6O8PS.C47H56ClF2N6O8PS/c2*1-26(2)51-45-53-36(25-66-45)35-21-39(31-18-19-38(62-4)40(48)42(31)52-35)63-30-20-37-43(57)55-47(65(60,61)24-32-33(49)16-11-17-34(32)50)22-28(47)13-8-6-5-7-12-27(3)41(44(58)56(37)23-30)54-46(59)64-29-14-9-10-15-29/h11,16-19,21,25-30,37,41H,5-10,12-15,20,22-24H2,1-4H3,(H,51,53)(H,54,59)(H,55,57)(H,60,61);8,11,13,16-19,21,25-30,37,41H,5-7,9-10,12,14-15,20,22-24H2,1-4H3,(H,51,53)(H,54,59)(H,55,57)(H,60,61)/b;13-8-/t2*27-,28-,30-,37+,41+,47+/m11/s1. The molecule has 4 aromatic heterocycles. The van der Waals surface area contributed by atoms with Gasteiger partial charge in [0.05, 0.1) is 62.1 Å². The smallest absolute Gasteiger partial charge is 0.408 e. The lowest BCUT2D eigenvalue weighted by molar-refractivity contribution is -0.141. The van der Waals surface area contributed by atoms with Crippen LogP contribution in [0.2, 0.25) is 10.0 Å². The first-order chi connectivity index (χ1) is 63.1. The Kier molecular flexibility index (Phi) is 30.5. The molecular weight excluding hydrogens is 1830 g/mol. The van der Waals surface area contributed by atoms with Gasteiger partial charge in [0, 0.05) is 75.6 Å². The first-order valence-electron chi connectivity index (χ1n) is 45.6. The lowest BCUT2D eigenvalue weighted by Gasteiger charge is -2.33. The predicted molar refractivity (Wildman–Crippen MR) is 498 cm³/mol. The summed E-state index contributed by atoms with van der Waals surface area (Å²) < 4.78 is 125. The van der Waals surface area contributed by atoms with Crippen LogP contribution < -0.4 is 50.8 Å². The van der Waals surface area contributed by atoms with Gasteiger partial charge in [0.15, 0.2) is 10.3 Å². The molecule has 14 atom stereocenters. The number of benzene rings is 4. The summed E-state index contributed by atoms with van der Waals surface area (Å²) in [5, 5.41) is 21.3. The molecule has 38 heteroatoms. The third-order valence-corrected chi connectivity index (χ3v) is 34.2. The number of nitrogens with zero attached hydrogens (tertiary/aromatic N) is 6. The summed E-state index contributed by atoms with van der Waals surface area (Å²) in [5.74, 6) is -6.75. The molecule has 0 bridgehead atoms. The van der Waals surface area contributed by atoms with Crippen molar-refractivity contribution in [1.82, 2.24) is 51.0 Å². The molecule has 8 heterocycles. The number of anilines is 2. The minimum Gasteiger partial charge on any atom is -0.495 e. The number of rotatable bonds is 22. The molecule has 16 rings (SSSR count). The number of halogens is 6. The van der Waals surface area contributed by atoms with Gasteiger partial charge in [0.1, 0.15) is 127 Å². The number of methoxy groups -OCH3 is 2. The molecule has 4 aliphatic heterocycles. The van der Waals surface area contributed by atoms with E-state index in [9.17, 15) is 46.9 Å². The van der Waals surface area contributed by atoms with Gasteiger partial charge in [0.25, 0.3) is 0 Å². The highest BCUT2D eigenvalue weighted by Gasteiger charge is 2.68. The molecule has 0 radical (unpaired) electrons. The molecule has 8 aromatic rings. The predicted octanol–water partition coefficient (Wildman–Crippen LogP) is 19.4. The number of pyridine rings is 2. The molecule has 132 heavy (non-hydrogen) atoms. The van der Waals surface area contributed by atoms with Crippen molar-refractivity contribution in [3.63, 3.8) is 0 Å². The molecular formula is C94H114Cl2F4N12O16P2S2. The topological polar surface area (TPSA) is 363 Å². The number of hydrogen-bond donors (Lipinski definition) is 8. The Balaban J connectivity index is 0.000000202. The van der Waals surface area contributed by atoms with Crippen molar-refractivity contribution in [2.75, 3.05) is 37.9 Å². The maximum absolute atomic E-state index is 15.1. The second kappa shape index (κ2) is 41.4. The van der Waals surface area contributed by atoms with Gasteiger partial charge in [-0.15, -0.1) is 22.7 Å². The fourth-order valence-corrected chi connectivity index (χ4v) is 26.4. The number of carbonyl (C=O) groups is 6. The van der Waals surface area contributed by atoms with Crippen LogP contribution >= 0.6 is 60.6 Å². The van der Waals surface area contributed by atoms with Crippen LogP contribution in [0.5, 0.6) is 23.0 Å². The van der Waals surface area contributed by atoms with E-state index in [1.165, 1.54) is 58.8 Å². The van der Waals surface area contributed by atoms with Crippen molar-refractivity contribution in [3.8, 4) is 45.8 Å². The zero-order valence-corrected chi connectivity index (χ0v) is 79.9. The number of allylic oxidation sites excluding steroid dienone is 1. The van der Waals surface area contributed by atoms with Gasteiger partial charge in [-0.05, 0) is 190 Å². The van der Waals surface area contributed by atoms with Crippen molar-refractivity contribution in [2.24, 2.45) is 23.7 Å². The van der Waals surface area contributed by atoms with Gasteiger partial charge in [0.2, 0.25) is 38.4 Å². The second-order valence-electron chi connectivity index (χ2n) is 36.8. The van der Waals surface area contributed by atoms with Crippen LogP contribution in [-0.2, 0) is 50.1 Å². The first-order valence-corrected chi connectivity index (χ1v) is 51.8. The highest BCUT2D eigenvalue weighted by atomic mass is 35.5. The molecule has 0 spiro atoms. The Morgan fingerprint density at radius 3 is 1.38 bits per heavy atom. The molecule has 4 aliphatic carbocycles. The number of nitrogens with one attached hydrogen (secondary N) is 6. The fourth-order valence-electron chi connectivity index (χ4n) is 19.3. The average Bonchev–Trinajstić information content (AvgIpc) is 1.55. The van der Waals surface area contributed by atoms with E-state index in [0.29, 0.717) is 123 Å². The zero-order chi connectivity index (χ0) is 93.8. The highest BCUT2D eigenvalue weighted by molar-refractivity contribution is 7.59. The number of fused-ring (bicyclic) bond motifs is 6. The minimum atomic E-state index is -4.62.